The van der Waals surface area contributed by atoms with Crippen LogP contribution in [-0.2, 0) is 0 Å². The molecule has 0 aromatic heterocycles. The molecule has 0 saturated heterocycles. The highest BCUT2D eigenvalue weighted by molar-refractivity contribution is 7.99. The molecule has 13 heavy (non-hydrogen) atoms. The van der Waals surface area contributed by atoms with E-state index >= 15 is 0 Å². The van der Waals surface area contributed by atoms with Crippen LogP contribution in [0.4, 0.5) is 0 Å². The van der Waals surface area contributed by atoms with Crippen LogP contribution in [-0.4, -0.2) is 17.5 Å². The van der Waals surface area contributed by atoms with Crippen LogP contribution < -0.4 is 0 Å². The number of aryl methyl sites for hydroxylation is 1. The average molecular weight is 196 g/mol. The first-order valence-corrected chi connectivity index (χ1v) is 5.52. The van der Waals surface area contributed by atoms with Crippen molar-refractivity contribution in [2.75, 3.05) is 12.4 Å². The van der Waals surface area contributed by atoms with Gasteiger partial charge in [0.1, 0.15) is 0 Å². The van der Waals surface area contributed by atoms with Crippen molar-refractivity contribution >= 4 is 11.8 Å². The normalized spacial score (nSPS) is 12.8. The molecule has 2 heteroatoms. The number of hydrogen-bond acceptors (Lipinski definition) is 2. The van der Waals surface area contributed by atoms with E-state index in [2.05, 4.69) is 38.1 Å². The summed E-state index contributed by atoms with van der Waals surface area (Å²) < 4.78 is 0. The maximum atomic E-state index is 8.87. The molecule has 0 amide bonds. The molecular formula is C11H16OS. The van der Waals surface area contributed by atoms with Crippen molar-refractivity contribution < 1.29 is 5.11 Å². The molecule has 0 aliphatic heterocycles. The van der Waals surface area contributed by atoms with Crippen molar-refractivity contribution in [2.45, 2.75) is 18.7 Å². The fraction of sp³-hybridized carbons (Fsp3) is 0.455. The Labute approximate surface area is 84.2 Å². The van der Waals surface area contributed by atoms with Crippen molar-refractivity contribution in [2.24, 2.45) is 5.92 Å². The van der Waals surface area contributed by atoms with Crippen LogP contribution in [0.25, 0.3) is 0 Å². The van der Waals surface area contributed by atoms with Crippen molar-refractivity contribution in [1.82, 2.24) is 0 Å². The Balaban J connectivity index is 2.50. The molecule has 0 bridgehead atoms. The van der Waals surface area contributed by atoms with E-state index in [4.69, 9.17) is 5.11 Å². The fourth-order valence-electron chi connectivity index (χ4n) is 1.00. The highest BCUT2D eigenvalue weighted by Gasteiger charge is 2.02. The molecule has 72 valence electrons. The van der Waals surface area contributed by atoms with Gasteiger partial charge >= 0.3 is 0 Å². The van der Waals surface area contributed by atoms with Gasteiger partial charge in [-0.1, -0.05) is 25.1 Å². The van der Waals surface area contributed by atoms with Crippen LogP contribution in [0.5, 0.6) is 0 Å². The highest BCUT2D eigenvalue weighted by Crippen LogP contribution is 2.23. The first-order chi connectivity index (χ1) is 6.24. The van der Waals surface area contributed by atoms with Gasteiger partial charge < -0.3 is 5.11 Å². The predicted octanol–water partition coefficient (Wildman–Crippen LogP) is 2.72. The largest absolute Gasteiger partial charge is 0.396 e. The molecule has 0 saturated carbocycles. The zero-order chi connectivity index (χ0) is 9.68. The summed E-state index contributed by atoms with van der Waals surface area (Å²) in [6, 6.07) is 8.35. The third-order valence-electron chi connectivity index (χ3n) is 1.93. The second-order valence-electron chi connectivity index (χ2n) is 3.36. The topological polar surface area (TPSA) is 20.2 Å². The quantitative estimate of drug-likeness (QED) is 0.747. The summed E-state index contributed by atoms with van der Waals surface area (Å²) in [4.78, 5) is 1.32. The number of thioether (sulfide) groups is 1. The average Bonchev–Trinajstić information content (AvgIpc) is 2.16. The maximum Gasteiger partial charge on any atom is 0.0464 e. The summed E-state index contributed by atoms with van der Waals surface area (Å²) in [7, 11) is 0. The molecule has 0 radical (unpaired) electrons. The Morgan fingerprint density at radius 3 is 2.69 bits per heavy atom. The molecule has 1 aromatic rings. The molecule has 1 aromatic carbocycles. The lowest BCUT2D eigenvalue weighted by Gasteiger charge is -2.08. The van der Waals surface area contributed by atoms with Gasteiger partial charge in [0.15, 0.2) is 0 Å². The third kappa shape index (κ3) is 3.41. The van der Waals surface area contributed by atoms with Crippen LogP contribution in [0, 0.1) is 12.8 Å². The Bertz CT molecular complexity index is 260. The lowest BCUT2D eigenvalue weighted by Crippen LogP contribution is -2.03. The second-order valence-corrected chi connectivity index (χ2v) is 4.43. The summed E-state index contributed by atoms with van der Waals surface area (Å²) in [5, 5.41) is 8.87. The van der Waals surface area contributed by atoms with E-state index in [1.54, 1.807) is 0 Å². The van der Waals surface area contributed by atoms with E-state index in [0.29, 0.717) is 5.92 Å². The summed E-state index contributed by atoms with van der Waals surface area (Å²) in [6.07, 6.45) is 0. The van der Waals surface area contributed by atoms with Crippen LogP contribution in [0.3, 0.4) is 0 Å². The molecule has 0 heterocycles. The van der Waals surface area contributed by atoms with Gasteiger partial charge in [-0.2, -0.15) is 0 Å². The summed E-state index contributed by atoms with van der Waals surface area (Å²) >= 11 is 1.82. The summed E-state index contributed by atoms with van der Waals surface area (Å²) in [5.41, 5.74) is 1.32. The van der Waals surface area contributed by atoms with E-state index in [-0.39, 0.29) is 6.61 Å². The van der Waals surface area contributed by atoms with Gasteiger partial charge in [-0.15, -0.1) is 11.8 Å². The highest BCUT2D eigenvalue weighted by atomic mass is 32.2. The first-order valence-electron chi connectivity index (χ1n) is 4.53. The second kappa shape index (κ2) is 5.30. The Hall–Kier alpha value is -0.470. The predicted molar refractivity (Wildman–Crippen MR) is 58.2 cm³/mol. The standard InChI is InChI=1S/C11H16OS/c1-9(7-12)8-13-11-6-4-3-5-10(11)2/h3-6,9,12H,7-8H2,1-2H3. The molecule has 0 spiro atoms. The van der Waals surface area contributed by atoms with Gasteiger partial charge in [-0.05, 0) is 24.5 Å². The van der Waals surface area contributed by atoms with Crippen LogP contribution in [0.15, 0.2) is 29.2 Å². The van der Waals surface area contributed by atoms with Crippen LogP contribution in [0.1, 0.15) is 12.5 Å². The van der Waals surface area contributed by atoms with Crippen molar-refractivity contribution in [1.29, 1.82) is 0 Å². The van der Waals surface area contributed by atoms with Gasteiger partial charge in [-0.25, -0.2) is 0 Å². The number of hydrogen-bond donors (Lipinski definition) is 1. The Morgan fingerprint density at radius 2 is 2.08 bits per heavy atom. The van der Waals surface area contributed by atoms with E-state index in [9.17, 15) is 0 Å². The van der Waals surface area contributed by atoms with Gasteiger partial charge in [0.25, 0.3) is 0 Å². The molecule has 0 aliphatic rings. The van der Waals surface area contributed by atoms with Gasteiger partial charge in [0.05, 0.1) is 0 Å². The van der Waals surface area contributed by atoms with Crippen molar-refractivity contribution in [3.63, 3.8) is 0 Å². The Morgan fingerprint density at radius 1 is 1.38 bits per heavy atom. The first kappa shape index (κ1) is 10.6. The molecule has 1 N–H and O–H groups in total. The third-order valence-corrected chi connectivity index (χ3v) is 3.43. The smallest absolute Gasteiger partial charge is 0.0464 e. The number of benzene rings is 1. The molecule has 1 unspecified atom stereocenters. The lowest BCUT2D eigenvalue weighted by atomic mass is 10.2. The zero-order valence-corrected chi connectivity index (χ0v) is 8.97. The van der Waals surface area contributed by atoms with E-state index in [1.165, 1.54) is 10.5 Å². The van der Waals surface area contributed by atoms with E-state index in [1.807, 2.05) is 11.8 Å². The summed E-state index contributed by atoms with van der Waals surface area (Å²) in [5.74, 6) is 1.37. The van der Waals surface area contributed by atoms with Crippen molar-refractivity contribution in [3.8, 4) is 0 Å². The fourth-order valence-corrected chi connectivity index (χ4v) is 2.04. The minimum Gasteiger partial charge on any atom is -0.396 e. The lowest BCUT2D eigenvalue weighted by molar-refractivity contribution is 0.250. The minimum absolute atomic E-state index is 0.277. The minimum atomic E-state index is 0.277. The molecule has 1 rings (SSSR count). The van der Waals surface area contributed by atoms with Crippen LogP contribution >= 0.6 is 11.8 Å². The van der Waals surface area contributed by atoms with E-state index < -0.39 is 0 Å². The van der Waals surface area contributed by atoms with Gasteiger partial charge in [0.2, 0.25) is 0 Å². The van der Waals surface area contributed by atoms with E-state index in [0.717, 1.165) is 5.75 Å². The molecule has 1 atom stereocenters. The number of aliphatic hydroxyl groups is 1. The number of rotatable bonds is 4. The van der Waals surface area contributed by atoms with Crippen molar-refractivity contribution in [3.05, 3.63) is 29.8 Å². The maximum absolute atomic E-state index is 8.87. The molecule has 0 aliphatic carbocycles. The molecule has 1 nitrogen and oxygen atoms in total. The zero-order valence-electron chi connectivity index (χ0n) is 8.16. The van der Waals surface area contributed by atoms with Gasteiger partial charge in [0, 0.05) is 17.3 Å². The molecular weight excluding hydrogens is 180 g/mol. The SMILES string of the molecule is Cc1ccccc1SCC(C)CO. The Kier molecular flexibility index (Phi) is 4.33. The van der Waals surface area contributed by atoms with Crippen LogP contribution in [0.2, 0.25) is 0 Å². The summed E-state index contributed by atoms with van der Waals surface area (Å²) in [6.45, 7) is 4.45. The molecule has 0 fully saturated rings. The number of aliphatic hydroxyl groups excluding tert-OH is 1. The van der Waals surface area contributed by atoms with Gasteiger partial charge in [-0.3, -0.25) is 0 Å². The monoisotopic (exact) mass is 196 g/mol.